The number of aromatic nitrogens is 2. The molecule has 1 fully saturated rings. The molecule has 7 heteroatoms. The predicted molar refractivity (Wildman–Crippen MR) is 89.2 cm³/mol. The van der Waals surface area contributed by atoms with Crippen LogP contribution in [-0.2, 0) is 4.79 Å². The number of rotatable bonds is 4. The SMILES string of the molecule is NC(=O)CN1CCCC[C@H]1c1nc(N)ncc1-c1ccc(F)cc1. The Balaban J connectivity index is 2.03. The molecular weight excluding hydrogens is 309 g/mol. The Labute approximate surface area is 139 Å². The molecule has 0 spiro atoms. The maximum atomic E-state index is 13.2. The smallest absolute Gasteiger partial charge is 0.231 e. The van der Waals surface area contributed by atoms with Gasteiger partial charge in [0, 0.05) is 11.8 Å². The Morgan fingerprint density at radius 3 is 2.75 bits per heavy atom. The second-order valence-electron chi connectivity index (χ2n) is 5.98. The largest absolute Gasteiger partial charge is 0.369 e. The van der Waals surface area contributed by atoms with Gasteiger partial charge in [-0.2, -0.15) is 0 Å². The summed E-state index contributed by atoms with van der Waals surface area (Å²) in [6, 6.07) is 6.12. The Hall–Kier alpha value is -2.54. The van der Waals surface area contributed by atoms with E-state index < -0.39 is 0 Å². The zero-order valence-corrected chi connectivity index (χ0v) is 13.3. The third-order valence-electron chi connectivity index (χ3n) is 4.28. The monoisotopic (exact) mass is 329 g/mol. The van der Waals surface area contributed by atoms with Gasteiger partial charge >= 0.3 is 0 Å². The molecule has 1 aliphatic heterocycles. The van der Waals surface area contributed by atoms with Crippen LogP contribution in [0, 0.1) is 5.82 Å². The van der Waals surface area contributed by atoms with Crippen LogP contribution in [0.25, 0.3) is 11.1 Å². The van der Waals surface area contributed by atoms with Crippen molar-refractivity contribution in [3.63, 3.8) is 0 Å². The molecule has 4 N–H and O–H groups in total. The van der Waals surface area contributed by atoms with Crippen molar-refractivity contribution in [2.24, 2.45) is 5.73 Å². The third-order valence-corrected chi connectivity index (χ3v) is 4.28. The standard InChI is InChI=1S/C17H20FN5O/c18-12-6-4-11(5-7-12)13-9-21-17(20)22-16(13)14-3-1-2-8-23(14)10-15(19)24/h4-7,9,14H,1-3,8,10H2,(H2,19,24)(H2,20,21,22)/t14-/m0/s1. The highest BCUT2D eigenvalue weighted by Gasteiger charge is 2.28. The van der Waals surface area contributed by atoms with Crippen LogP contribution in [-0.4, -0.2) is 33.9 Å². The fraction of sp³-hybridized carbons (Fsp3) is 0.353. The molecule has 0 unspecified atom stereocenters. The van der Waals surface area contributed by atoms with E-state index in [2.05, 4.69) is 9.97 Å². The van der Waals surface area contributed by atoms with E-state index in [1.54, 1.807) is 18.3 Å². The highest BCUT2D eigenvalue weighted by molar-refractivity contribution is 5.76. The van der Waals surface area contributed by atoms with Gasteiger partial charge in [0.1, 0.15) is 5.82 Å². The number of piperidine rings is 1. The molecule has 0 bridgehead atoms. The molecule has 1 atom stereocenters. The number of benzene rings is 1. The van der Waals surface area contributed by atoms with E-state index in [0.29, 0.717) is 0 Å². The topological polar surface area (TPSA) is 98.1 Å². The lowest BCUT2D eigenvalue weighted by atomic mass is 9.94. The minimum atomic E-state index is -0.368. The first kappa shape index (κ1) is 16.3. The van der Waals surface area contributed by atoms with E-state index in [1.807, 2.05) is 4.90 Å². The normalized spacial score (nSPS) is 18.5. The van der Waals surface area contributed by atoms with Gasteiger partial charge in [0.15, 0.2) is 0 Å². The fourth-order valence-corrected chi connectivity index (χ4v) is 3.21. The van der Waals surface area contributed by atoms with Gasteiger partial charge < -0.3 is 11.5 Å². The summed E-state index contributed by atoms with van der Waals surface area (Å²) in [4.78, 5) is 21.9. The van der Waals surface area contributed by atoms with Gasteiger partial charge in [-0.1, -0.05) is 18.6 Å². The number of halogens is 1. The minimum Gasteiger partial charge on any atom is -0.369 e. The maximum absolute atomic E-state index is 13.2. The molecule has 1 saturated heterocycles. The van der Waals surface area contributed by atoms with Gasteiger partial charge in [0.2, 0.25) is 11.9 Å². The number of nitrogen functional groups attached to an aromatic ring is 1. The molecule has 3 rings (SSSR count). The van der Waals surface area contributed by atoms with Gasteiger partial charge in [-0.25, -0.2) is 14.4 Å². The van der Waals surface area contributed by atoms with Crippen molar-refractivity contribution < 1.29 is 9.18 Å². The van der Waals surface area contributed by atoms with E-state index >= 15 is 0 Å². The second kappa shape index (κ2) is 6.92. The molecular formula is C17H20FN5O. The quantitative estimate of drug-likeness (QED) is 0.892. The summed E-state index contributed by atoms with van der Waals surface area (Å²) in [6.07, 6.45) is 4.56. The number of primary amides is 1. The van der Waals surface area contributed by atoms with E-state index in [4.69, 9.17) is 11.5 Å². The van der Waals surface area contributed by atoms with Gasteiger partial charge in [-0.3, -0.25) is 9.69 Å². The molecule has 0 aliphatic carbocycles. The van der Waals surface area contributed by atoms with Crippen molar-refractivity contribution in [3.05, 3.63) is 42.0 Å². The Bertz CT molecular complexity index is 734. The number of nitrogens with zero attached hydrogens (tertiary/aromatic N) is 3. The van der Waals surface area contributed by atoms with Gasteiger partial charge in [0.05, 0.1) is 18.3 Å². The number of hydrogen-bond acceptors (Lipinski definition) is 5. The average molecular weight is 329 g/mol. The van der Waals surface area contributed by atoms with Gasteiger partial charge in [-0.05, 0) is 37.1 Å². The zero-order chi connectivity index (χ0) is 17.1. The maximum Gasteiger partial charge on any atom is 0.231 e. The number of amides is 1. The van der Waals surface area contributed by atoms with Crippen LogP contribution in [0.15, 0.2) is 30.5 Å². The van der Waals surface area contributed by atoms with Crippen LogP contribution in [0.2, 0.25) is 0 Å². The van der Waals surface area contributed by atoms with Crippen LogP contribution >= 0.6 is 0 Å². The number of carbonyl (C=O) groups is 1. The molecule has 2 aromatic rings. The number of carbonyl (C=O) groups excluding carboxylic acids is 1. The van der Waals surface area contributed by atoms with E-state index in [1.165, 1.54) is 12.1 Å². The minimum absolute atomic E-state index is 0.0587. The lowest BCUT2D eigenvalue weighted by Gasteiger charge is -2.35. The molecule has 0 saturated carbocycles. The highest BCUT2D eigenvalue weighted by Crippen LogP contribution is 2.35. The highest BCUT2D eigenvalue weighted by atomic mass is 19.1. The van der Waals surface area contributed by atoms with Gasteiger partial charge in [0.25, 0.3) is 0 Å². The first-order valence-corrected chi connectivity index (χ1v) is 7.95. The molecule has 24 heavy (non-hydrogen) atoms. The molecule has 1 aromatic carbocycles. The number of hydrogen-bond donors (Lipinski definition) is 2. The second-order valence-corrected chi connectivity index (χ2v) is 5.98. The molecule has 1 amide bonds. The molecule has 126 valence electrons. The number of likely N-dealkylation sites (tertiary alicyclic amines) is 1. The summed E-state index contributed by atoms with van der Waals surface area (Å²) in [5.41, 5.74) is 13.5. The van der Waals surface area contributed by atoms with Crippen LogP contribution in [0.3, 0.4) is 0 Å². The molecule has 6 nitrogen and oxygen atoms in total. The van der Waals surface area contributed by atoms with Crippen molar-refractivity contribution in [2.75, 3.05) is 18.8 Å². The van der Waals surface area contributed by atoms with Crippen molar-refractivity contribution in [3.8, 4) is 11.1 Å². The van der Waals surface area contributed by atoms with Crippen molar-refractivity contribution in [2.45, 2.75) is 25.3 Å². The first-order chi connectivity index (χ1) is 11.5. The van der Waals surface area contributed by atoms with Gasteiger partial charge in [-0.15, -0.1) is 0 Å². The van der Waals surface area contributed by atoms with Crippen LogP contribution in [0.5, 0.6) is 0 Å². The summed E-state index contributed by atoms with van der Waals surface area (Å²) in [7, 11) is 0. The lowest BCUT2D eigenvalue weighted by Crippen LogP contribution is -2.40. The predicted octanol–water partition coefficient (Wildman–Crippen LogP) is 1.88. The molecule has 2 heterocycles. The van der Waals surface area contributed by atoms with Crippen molar-refractivity contribution >= 4 is 11.9 Å². The molecule has 0 radical (unpaired) electrons. The zero-order valence-electron chi connectivity index (χ0n) is 13.3. The third kappa shape index (κ3) is 3.51. The average Bonchev–Trinajstić information content (AvgIpc) is 2.56. The summed E-state index contributed by atoms with van der Waals surface area (Å²) in [5, 5.41) is 0. The van der Waals surface area contributed by atoms with E-state index in [0.717, 1.165) is 42.6 Å². The molecule has 1 aliphatic rings. The first-order valence-electron chi connectivity index (χ1n) is 7.95. The summed E-state index contributed by atoms with van der Waals surface area (Å²) in [6.45, 7) is 0.956. The fourth-order valence-electron chi connectivity index (χ4n) is 3.21. The lowest BCUT2D eigenvalue weighted by molar-refractivity contribution is -0.120. The number of nitrogens with two attached hydrogens (primary N) is 2. The number of anilines is 1. The van der Waals surface area contributed by atoms with Crippen LogP contribution in [0.4, 0.5) is 10.3 Å². The Kier molecular flexibility index (Phi) is 4.71. The van der Waals surface area contributed by atoms with Crippen LogP contribution in [0.1, 0.15) is 31.0 Å². The summed E-state index contributed by atoms with van der Waals surface area (Å²) in [5.74, 6) is -0.489. The summed E-state index contributed by atoms with van der Waals surface area (Å²) >= 11 is 0. The van der Waals surface area contributed by atoms with Crippen molar-refractivity contribution in [1.82, 2.24) is 14.9 Å². The Morgan fingerprint density at radius 2 is 2.04 bits per heavy atom. The van der Waals surface area contributed by atoms with Crippen molar-refractivity contribution in [1.29, 1.82) is 0 Å². The van der Waals surface area contributed by atoms with E-state index in [-0.39, 0.29) is 30.3 Å². The van der Waals surface area contributed by atoms with Crippen LogP contribution < -0.4 is 11.5 Å². The Morgan fingerprint density at radius 1 is 1.29 bits per heavy atom. The summed E-state index contributed by atoms with van der Waals surface area (Å²) < 4.78 is 13.2. The molecule has 1 aromatic heterocycles. The van der Waals surface area contributed by atoms with E-state index in [9.17, 15) is 9.18 Å².